The molecule has 104 valence electrons. The Morgan fingerprint density at radius 1 is 1.26 bits per heavy atom. The number of likely N-dealkylation sites (tertiary alicyclic amines) is 1. The van der Waals surface area contributed by atoms with Crippen LogP contribution in [0.3, 0.4) is 0 Å². The van der Waals surface area contributed by atoms with Crippen molar-refractivity contribution in [2.45, 2.75) is 64.2 Å². The summed E-state index contributed by atoms with van der Waals surface area (Å²) in [6.07, 6.45) is 4.14. The van der Waals surface area contributed by atoms with E-state index in [4.69, 9.17) is 0 Å². The van der Waals surface area contributed by atoms with Gasteiger partial charge < -0.3 is 5.32 Å². The predicted molar refractivity (Wildman–Crippen MR) is 80.3 cm³/mol. The Labute approximate surface area is 117 Å². The second-order valence-corrected chi connectivity index (χ2v) is 6.45. The van der Waals surface area contributed by atoms with Crippen LogP contribution in [-0.4, -0.2) is 29.6 Å². The largest absolute Gasteiger partial charge is 0.306 e. The van der Waals surface area contributed by atoms with E-state index in [9.17, 15) is 0 Å². The summed E-state index contributed by atoms with van der Waals surface area (Å²) in [5.41, 5.74) is 2.84. The summed E-state index contributed by atoms with van der Waals surface area (Å²) in [7, 11) is 0. The Morgan fingerprint density at radius 3 is 2.68 bits per heavy atom. The fourth-order valence-corrected chi connectivity index (χ4v) is 3.61. The third kappa shape index (κ3) is 2.85. The van der Waals surface area contributed by atoms with E-state index in [0.29, 0.717) is 12.1 Å². The first-order valence-corrected chi connectivity index (χ1v) is 7.72. The van der Waals surface area contributed by atoms with Crippen molar-refractivity contribution in [2.24, 2.45) is 0 Å². The normalized spacial score (nSPS) is 29.6. The first-order chi connectivity index (χ1) is 9.15. The van der Waals surface area contributed by atoms with Crippen LogP contribution in [0.15, 0.2) is 24.3 Å². The second kappa shape index (κ2) is 5.26. The molecule has 2 heteroatoms. The van der Waals surface area contributed by atoms with Crippen molar-refractivity contribution in [2.75, 3.05) is 6.54 Å². The first-order valence-electron chi connectivity index (χ1n) is 7.72. The third-order valence-corrected chi connectivity index (χ3v) is 4.78. The van der Waals surface area contributed by atoms with Crippen molar-refractivity contribution in [3.8, 4) is 0 Å². The van der Waals surface area contributed by atoms with Crippen molar-refractivity contribution in [3.05, 3.63) is 35.4 Å². The molecule has 3 atom stereocenters. The highest BCUT2D eigenvalue weighted by atomic mass is 15.3. The second-order valence-electron chi connectivity index (χ2n) is 6.45. The Bertz CT molecular complexity index is 439. The average Bonchev–Trinajstić information content (AvgIpc) is 3.15. The van der Waals surface area contributed by atoms with E-state index in [-0.39, 0.29) is 0 Å². The molecule has 0 bridgehead atoms. The molecule has 1 N–H and O–H groups in total. The van der Waals surface area contributed by atoms with Crippen LogP contribution in [0.1, 0.15) is 50.3 Å². The van der Waals surface area contributed by atoms with Crippen molar-refractivity contribution < 1.29 is 0 Å². The molecule has 1 heterocycles. The van der Waals surface area contributed by atoms with Crippen LogP contribution in [-0.2, 0) is 0 Å². The Hall–Kier alpha value is -0.860. The van der Waals surface area contributed by atoms with Gasteiger partial charge in [-0.05, 0) is 51.2 Å². The molecular weight excluding hydrogens is 232 g/mol. The maximum absolute atomic E-state index is 3.84. The van der Waals surface area contributed by atoms with Gasteiger partial charge in [0, 0.05) is 30.7 Å². The smallest absolute Gasteiger partial charge is 0.0297 e. The highest BCUT2D eigenvalue weighted by Crippen LogP contribution is 2.33. The van der Waals surface area contributed by atoms with Crippen LogP contribution in [0.2, 0.25) is 0 Å². The van der Waals surface area contributed by atoms with E-state index >= 15 is 0 Å². The summed E-state index contributed by atoms with van der Waals surface area (Å²) in [6.45, 7) is 8.13. The van der Waals surface area contributed by atoms with Crippen LogP contribution in [0.4, 0.5) is 0 Å². The van der Waals surface area contributed by atoms with Gasteiger partial charge in [0.1, 0.15) is 0 Å². The SMILES string of the molecule is Cc1ccccc1[C@H](C)NC1CC(C)N(C2CC2)C1. The van der Waals surface area contributed by atoms with Crippen LogP contribution in [0, 0.1) is 6.92 Å². The van der Waals surface area contributed by atoms with Crippen LogP contribution in [0.25, 0.3) is 0 Å². The molecule has 2 fully saturated rings. The molecule has 1 aromatic rings. The summed E-state index contributed by atoms with van der Waals surface area (Å²) in [6, 6.07) is 11.5. The molecule has 0 spiro atoms. The first kappa shape index (κ1) is 13.1. The topological polar surface area (TPSA) is 15.3 Å². The van der Waals surface area contributed by atoms with Crippen LogP contribution in [0.5, 0.6) is 0 Å². The van der Waals surface area contributed by atoms with Crippen molar-refractivity contribution in [1.82, 2.24) is 10.2 Å². The van der Waals surface area contributed by atoms with Gasteiger partial charge >= 0.3 is 0 Å². The minimum atomic E-state index is 0.456. The van der Waals surface area contributed by atoms with Gasteiger partial charge in [-0.15, -0.1) is 0 Å². The van der Waals surface area contributed by atoms with E-state index in [1.54, 1.807) is 0 Å². The molecule has 0 aromatic heterocycles. The molecule has 1 aliphatic heterocycles. The van der Waals surface area contributed by atoms with Gasteiger partial charge in [-0.3, -0.25) is 4.90 Å². The van der Waals surface area contributed by atoms with Crippen LogP contribution < -0.4 is 5.32 Å². The third-order valence-electron chi connectivity index (χ3n) is 4.78. The molecule has 1 aromatic carbocycles. The van der Waals surface area contributed by atoms with Gasteiger partial charge in [0.25, 0.3) is 0 Å². The van der Waals surface area contributed by atoms with Crippen molar-refractivity contribution >= 4 is 0 Å². The molecule has 19 heavy (non-hydrogen) atoms. The Kier molecular flexibility index (Phi) is 3.64. The quantitative estimate of drug-likeness (QED) is 0.891. The summed E-state index contributed by atoms with van der Waals surface area (Å²) in [5.74, 6) is 0. The number of nitrogens with one attached hydrogen (secondary N) is 1. The van der Waals surface area contributed by atoms with Crippen molar-refractivity contribution in [1.29, 1.82) is 0 Å². The lowest BCUT2D eigenvalue weighted by Gasteiger charge is -2.22. The fourth-order valence-electron chi connectivity index (χ4n) is 3.61. The number of hydrogen-bond acceptors (Lipinski definition) is 2. The fraction of sp³-hybridized carbons (Fsp3) is 0.647. The molecule has 2 unspecified atom stereocenters. The minimum Gasteiger partial charge on any atom is -0.306 e. The molecule has 2 aliphatic rings. The number of aryl methyl sites for hydroxylation is 1. The van der Waals surface area contributed by atoms with Crippen molar-refractivity contribution in [3.63, 3.8) is 0 Å². The maximum atomic E-state index is 3.84. The maximum Gasteiger partial charge on any atom is 0.0297 e. The average molecular weight is 258 g/mol. The van der Waals surface area contributed by atoms with E-state index in [0.717, 1.165) is 12.1 Å². The highest BCUT2D eigenvalue weighted by Gasteiger charge is 2.38. The Morgan fingerprint density at radius 2 is 2.00 bits per heavy atom. The standard InChI is InChI=1S/C17H26N2/c1-12-6-4-5-7-17(12)14(3)18-15-10-13(2)19(11-15)16-8-9-16/h4-7,13-16,18H,8-11H2,1-3H3/t13?,14-,15?/m0/s1. The number of benzene rings is 1. The zero-order chi connectivity index (χ0) is 13.4. The van der Waals surface area contributed by atoms with E-state index < -0.39 is 0 Å². The number of hydrogen-bond donors (Lipinski definition) is 1. The van der Waals surface area contributed by atoms with Gasteiger partial charge in [-0.25, -0.2) is 0 Å². The number of nitrogens with zero attached hydrogens (tertiary/aromatic N) is 1. The lowest BCUT2D eigenvalue weighted by molar-refractivity contribution is 0.254. The van der Waals surface area contributed by atoms with Gasteiger partial charge in [0.15, 0.2) is 0 Å². The minimum absolute atomic E-state index is 0.456. The summed E-state index contributed by atoms with van der Waals surface area (Å²) in [5, 5.41) is 3.84. The van der Waals surface area contributed by atoms with Gasteiger partial charge in [-0.2, -0.15) is 0 Å². The molecular formula is C17H26N2. The molecule has 1 saturated carbocycles. The van der Waals surface area contributed by atoms with E-state index in [1.165, 1.54) is 36.9 Å². The zero-order valence-corrected chi connectivity index (χ0v) is 12.4. The van der Waals surface area contributed by atoms with Gasteiger partial charge in [-0.1, -0.05) is 24.3 Å². The lowest BCUT2D eigenvalue weighted by atomic mass is 10.0. The van der Waals surface area contributed by atoms with E-state index in [1.807, 2.05) is 0 Å². The monoisotopic (exact) mass is 258 g/mol. The van der Waals surface area contributed by atoms with Crippen LogP contribution >= 0.6 is 0 Å². The molecule has 0 amide bonds. The zero-order valence-electron chi connectivity index (χ0n) is 12.4. The Balaban J connectivity index is 1.61. The molecule has 3 rings (SSSR count). The summed E-state index contributed by atoms with van der Waals surface area (Å²) < 4.78 is 0. The van der Waals surface area contributed by atoms with Gasteiger partial charge in [0.2, 0.25) is 0 Å². The lowest BCUT2D eigenvalue weighted by Crippen LogP contribution is -2.35. The molecule has 2 nitrogen and oxygen atoms in total. The van der Waals surface area contributed by atoms with Gasteiger partial charge in [0.05, 0.1) is 0 Å². The summed E-state index contributed by atoms with van der Waals surface area (Å²) in [4.78, 5) is 2.71. The highest BCUT2D eigenvalue weighted by molar-refractivity contribution is 5.28. The molecule has 1 saturated heterocycles. The van der Waals surface area contributed by atoms with E-state index in [2.05, 4.69) is 55.3 Å². The number of rotatable bonds is 4. The predicted octanol–water partition coefficient (Wildman–Crippen LogP) is 3.27. The summed E-state index contributed by atoms with van der Waals surface area (Å²) >= 11 is 0. The molecule has 1 aliphatic carbocycles. The molecule has 0 radical (unpaired) electrons.